The molecule has 0 saturated carbocycles. The Morgan fingerprint density at radius 3 is 2.47 bits per heavy atom. The Hall–Kier alpha value is -2.37. The molecule has 30 heavy (non-hydrogen) atoms. The summed E-state index contributed by atoms with van der Waals surface area (Å²) in [6.45, 7) is 0.559. The Morgan fingerprint density at radius 2 is 1.87 bits per heavy atom. The Morgan fingerprint density at radius 1 is 1.17 bits per heavy atom. The van der Waals surface area contributed by atoms with Crippen molar-refractivity contribution in [1.29, 1.82) is 0 Å². The lowest BCUT2D eigenvalue weighted by Gasteiger charge is -2.31. The monoisotopic (exact) mass is 533 g/mol. The van der Waals surface area contributed by atoms with Crippen LogP contribution in [0.4, 0.5) is 24.7 Å². The van der Waals surface area contributed by atoms with Crippen molar-refractivity contribution >= 4 is 46.0 Å². The molecule has 0 aliphatic carbocycles. The van der Waals surface area contributed by atoms with Crippen molar-refractivity contribution < 1.29 is 27.5 Å². The summed E-state index contributed by atoms with van der Waals surface area (Å²) in [7, 11) is 0. The van der Waals surface area contributed by atoms with Crippen LogP contribution in [0.5, 0.6) is 0 Å². The van der Waals surface area contributed by atoms with Crippen LogP contribution >= 0.6 is 22.6 Å². The number of halogens is 4. The molecule has 0 radical (unpaired) electrons. The topological polar surface area (TPSA) is 71.5 Å². The number of pyridine rings is 1. The van der Waals surface area contributed by atoms with E-state index in [1.165, 1.54) is 6.07 Å². The fraction of sp³-hybridized carbons (Fsp3) is 0.350. The highest BCUT2D eigenvalue weighted by atomic mass is 127. The van der Waals surface area contributed by atoms with Crippen LogP contribution in [-0.2, 0) is 20.5 Å². The largest absolute Gasteiger partial charge is 0.455 e. The van der Waals surface area contributed by atoms with Gasteiger partial charge in [-0.2, -0.15) is 13.2 Å². The fourth-order valence-corrected chi connectivity index (χ4v) is 3.61. The van der Waals surface area contributed by atoms with E-state index in [9.17, 15) is 22.8 Å². The van der Waals surface area contributed by atoms with Crippen LogP contribution < -0.4 is 10.2 Å². The molecule has 1 N–H and O–H groups in total. The van der Waals surface area contributed by atoms with Gasteiger partial charge in [-0.05, 0) is 59.7 Å². The maximum atomic E-state index is 12.6. The number of ether oxygens (including phenoxy) is 1. The Bertz CT molecular complexity index is 898. The maximum absolute atomic E-state index is 12.6. The number of para-hydroxylation sites is 1. The van der Waals surface area contributed by atoms with Gasteiger partial charge in [-0.1, -0.05) is 12.1 Å². The standard InChI is InChI=1S/C20H19F3IN3O3/c21-20(22,23)14-5-6-17(25-11-14)27-9-7-13(8-10-27)19(29)30-12-18(28)26-16-4-2-1-3-15(16)24/h1-6,11,13H,7-10,12H2,(H,26,28). The van der Waals surface area contributed by atoms with Gasteiger partial charge in [-0.3, -0.25) is 9.59 Å². The summed E-state index contributed by atoms with van der Waals surface area (Å²) in [6.07, 6.45) is -2.67. The number of carbonyl (C=O) groups is 2. The summed E-state index contributed by atoms with van der Waals surface area (Å²) in [6, 6.07) is 9.58. The summed E-state index contributed by atoms with van der Waals surface area (Å²) in [5.41, 5.74) is -0.148. The molecule has 1 aliphatic heterocycles. The molecule has 1 fully saturated rings. The first-order valence-electron chi connectivity index (χ1n) is 9.23. The third-order valence-electron chi connectivity index (χ3n) is 4.72. The maximum Gasteiger partial charge on any atom is 0.417 e. The molecule has 2 heterocycles. The number of piperidine rings is 1. The average molecular weight is 533 g/mol. The van der Waals surface area contributed by atoms with Crippen molar-refractivity contribution in [2.45, 2.75) is 19.0 Å². The van der Waals surface area contributed by atoms with Crippen molar-refractivity contribution in [3.63, 3.8) is 0 Å². The number of hydrogen-bond acceptors (Lipinski definition) is 5. The predicted octanol–water partition coefficient (Wildman–Crippen LogP) is 4.10. The second-order valence-corrected chi connectivity index (χ2v) is 7.96. The van der Waals surface area contributed by atoms with E-state index in [2.05, 4.69) is 32.9 Å². The highest BCUT2D eigenvalue weighted by Crippen LogP contribution is 2.30. The zero-order chi connectivity index (χ0) is 21.7. The van der Waals surface area contributed by atoms with Gasteiger partial charge < -0.3 is 15.0 Å². The predicted molar refractivity (Wildman–Crippen MR) is 113 cm³/mol. The summed E-state index contributed by atoms with van der Waals surface area (Å²) < 4.78 is 43.9. The molecule has 0 atom stereocenters. The first-order chi connectivity index (χ1) is 14.2. The highest BCUT2D eigenvalue weighted by Gasteiger charge is 2.31. The lowest BCUT2D eigenvalue weighted by Crippen LogP contribution is -2.38. The van der Waals surface area contributed by atoms with Crippen LogP contribution in [0.1, 0.15) is 18.4 Å². The molecule has 3 rings (SSSR count). The summed E-state index contributed by atoms with van der Waals surface area (Å²) in [5.74, 6) is -0.793. The molecule has 1 aliphatic rings. The molecule has 1 aromatic carbocycles. The molecule has 2 aromatic rings. The molecule has 0 bridgehead atoms. The van der Waals surface area contributed by atoms with Crippen LogP contribution in [0.2, 0.25) is 0 Å². The van der Waals surface area contributed by atoms with Crippen LogP contribution in [0.15, 0.2) is 42.6 Å². The zero-order valence-electron chi connectivity index (χ0n) is 15.8. The lowest BCUT2D eigenvalue weighted by molar-refractivity contribution is -0.152. The quantitative estimate of drug-likeness (QED) is 0.463. The van der Waals surface area contributed by atoms with E-state index < -0.39 is 23.6 Å². The van der Waals surface area contributed by atoms with Gasteiger partial charge in [0.15, 0.2) is 6.61 Å². The molecule has 1 amide bonds. The van der Waals surface area contributed by atoms with Crippen LogP contribution in [0.3, 0.4) is 0 Å². The molecule has 1 aromatic heterocycles. The summed E-state index contributed by atoms with van der Waals surface area (Å²) >= 11 is 2.09. The number of benzene rings is 1. The molecule has 6 nitrogen and oxygen atoms in total. The van der Waals surface area contributed by atoms with Crippen molar-refractivity contribution in [2.24, 2.45) is 5.92 Å². The number of nitrogens with zero attached hydrogens (tertiary/aromatic N) is 2. The average Bonchev–Trinajstić information content (AvgIpc) is 2.73. The number of hydrogen-bond donors (Lipinski definition) is 1. The minimum absolute atomic E-state index is 0.361. The summed E-state index contributed by atoms with van der Waals surface area (Å²) in [4.78, 5) is 30.0. The third-order valence-corrected chi connectivity index (χ3v) is 5.66. The SMILES string of the molecule is O=C(COC(=O)C1CCN(c2ccc(C(F)(F)F)cn2)CC1)Nc1ccccc1I. The van der Waals surface area contributed by atoms with E-state index in [4.69, 9.17) is 4.74 Å². The Kier molecular flexibility index (Phi) is 7.16. The van der Waals surface area contributed by atoms with Gasteiger partial charge in [0.2, 0.25) is 0 Å². The molecular formula is C20H19F3IN3O3. The normalized spacial score (nSPS) is 15.0. The van der Waals surface area contributed by atoms with Gasteiger partial charge in [0.05, 0.1) is 17.2 Å². The number of rotatable bonds is 5. The smallest absolute Gasteiger partial charge is 0.417 e. The number of carbonyl (C=O) groups excluding carboxylic acids is 2. The zero-order valence-corrected chi connectivity index (χ0v) is 17.9. The van der Waals surface area contributed by atoms with Gasteiger partial charge in [-0.25, -0.2) is 4.98 Å². The Labute approximate surface area is 184 Å². The minimum atomic E-state index is -4.42. The van der Waals surface area contributed by atoms with Crippen molar-refractivity contribution in [1.82, 2.24) is 4.98 Å². The van der Waals surface area contributed by atoms with Crippen LogP contribution in [0, 0.1) is 9.49 Å². The number of anilines is 2. The van der Waals surface area contributed by atoms with E-state index >= 15 is 0 Å². The number of amides is 1. The van der Waals surface area contributed by atoms with E-state index in [0.29, 0.717) is 37.4 Å². The number of aromatic nitrogens is 1. The van der Waals surface area contributed by atoms with E-state index in [-0.39, 0.29) is 12.5 Å². The van der Waals surface area contributed by atoms with E-state index in [1.807, 2.05) is 17.0 Å². The molecule has 160 valence electrons. The van der Waals surface area contributed by atoms with Crippen LogP contribution in [-0.4, -0.2) is 36.6 Å². The fourth-order valence-electron chi connectivity index (χ4n) is 3.09. The number of nitrogens with one attached hydrogen (secondary N) is 1. The molecule has 0 unspecified atom stereocenters. The van der Waals surface area contributed by atoms with E-state index in [0.717, 1.165) is 15.8 Å². The van der Waals surface area contributed by atoms with Gasteiger partial charge in [0.1, 0.15) is 5.82 Å². The molecule has 1 saturated heterocycles. The van der Waals surface area contributed by atoms with Crippen molar-refractivity contribution in [3.05, 3.63) is 51.7 Å². The molecule has 0 spiro atoms. The van der Waals surface area contributed by atoms with Crippen LogP contribution in [0.25, 0.3) is 0 Å². The highest BCUT2D eigenvalue weighted by molar-refractivity contribution is 14.1. The first-order valence-corrected chi connectivity index (χ1v) is 10.3. The van der Waals surface area contributed by atoms with Crippen molar-refractivity contribution in [2.75, 3.05) is 29.9 Å². The minimum Gasteiger partial charge on any atom is -0.455 e. The number of esters is 1. The third kappa shape index (κ3) is 5.83. The Balaban J connectivity index is 1.45. The van der Waals surface area contributed by atoms with Crippen molar-refractivity contribution in [3.8, 4) is 0 Å². The molecule has 10 heteroatoms. The number of alkyl halides is 3. The second-order valence-electron chi connectivity index (χ2n) is 6.80. The summed E-state index contributed by atoms with van der Waals surface area (Å²) in [5, 5.41) is 2.69. The first kappa shape index (κ1) is 22.3. The van der Waals surface area contributed by atoms with Gasteiger partial charge in [0, 0.05) is 22.9 Å². The second kappa shape index (κ2) is 9.63. The lowest BCUT2D eigenvalue weighted by atomic mass is 9.97. The van der Waals surface area contributed by atoms with E-state index in [1.54, 1.807) is 12.1 Å². The van der Waals surface area contributed by atoms with Gasteiger partial charge >= 0.3 is 12.1 Å². The molecular weight excluding hydrogens is 514 g/mol. The van der Waals surface area contributed by atoms with Gasteiger partial charge in [-0.15, -0.1) is 0 Å². The van der Waals surface area contributed by atoms with Gasteiger partial charge in [0.25, 0.3) is 5.91 Å².